The molecule has 9 heteroatoms. The molecule has 2 aromatic rings. The lowest BCUT2D eigenvalue weighted by molar-refractivity contribution is -0.135. The van der Waals surface area contributed by atoms with E-state index in [0.29, 0.717) is 11.5 Å². The number of amides is 1. The molecular weight excluding hydrogens is 454 g/mol. The first kappa shape index (κ1) is 24.6. The molecular formula is C25H33N3O5S. The van der Waals surface area contributed by atoms with Gasteiger partial charge >= 0.3 is 5.97 Å². The van der Waals surface area contributed by atoms with Gasteiger partial charge in [0.2, 0.25) is 10.0 Å². The van der Waals surface area contributed by atoms with Crippen LogP contribution in [-0.4, -0.2) is 73.5 Å². The van der Waals surface area contributed by atoms with Crippen LogP contribution in [0.5, 0.6) is 0 Å². The van der Waals surface area contributed by atoms with E-state index in [1.807, 2.05) is 24.3 Å². The second-order valence-electron chi connectivity index (χ2n) is 10.4. The van der Waals surface area contributed by atoms with E-state index in [-0.39, 0.29) is 44.1 Å². The maximum atomic E-state index is 13.3. The lowest BCUT2D eigenvalue weighted by Gasteiger charge is -2.35. The Hall–Kier alpha value is -2.52. The second-order valence-corrected chi connectivity index (χ2v) is 12.3. The second kappa shape index (κ2) is 9.26. The van der Waals surface area contributed by atoms with Crippen molar-refractivity contribution in [2.45, 2.75) is 40.0 Å². The van der Waals surface area contributed by atoms with Gasteiger partial charge in [0, 0.05) is 37.3 Å². The summed E-state index contributed by atoms with van der Waals surface area (Å²) in [7, 11) is -3.28. The van der Waals surface area contributed by atoms with Crippen LogP contribution >= 0.6 is 0 Å². The standard InChI is InChI=1S/C25H33N3O5S/c1-25(2,3)17-9-10-21-19(15-17)23(18-7-5-6-8-20(18)26-21)24(30)33-16-22(29)27-11-13-28(14-12-27)34(4,31)32/h5-8,17H,9-16H2,1-4H3. The Kier molecular flexibility index (Phi) is 6.70. The lowest BCUT2D eigenvalue weighted by Crippen LogP contribution is -2.51. The molecule has 2 aliphatic rings. The molecule has 34 heavy (non-hydrogen) atoms. The minimum Gasteiger partial charge on any atom is -0.452 e. The summed E-state index contributed by atoms with van der Waals surface area (Å²) in [5.74, 6) is -0.406. The van der Waals surface area contributed by atoms with Crippen LogP contribution in [0.3, 0.4) is 0 Å². The normalized spacial score (nSPS) is 19.6. The molecule has 1 atom stereocenters. The Balaban J connectivity index is 1.53. The topological polar surface area (TPSA) is 96.9 Å². The van der Waals surface area contributed by atoms with Crippen molar-refractivity contribution in [3.05, 3.63) is 41.1 Å². The van der Waals surface area contributed by atoms with E-state index in [9.17, 15) is 18.0 Å². The smallest absolute Gasteiger partial charge is 0.339 e. The van der Waals surface area contributed by atoms with Crippen molar-refractivity contribution in [2.75, 3.05) is 39.0 Å². The fourth-order valence-corrected chi connectivity index (χ4v) is 5.75. The molecule has 1 aliphatic heterocycles. The molecule has 1 saturated heterocycles. The van der Waals surface area contributed by atoms with E-state index in [4.69, 9.17) is 9.72 Å². The van der Waals surface area contributed by atoms with Crippen LogP contribution in [-0.2, 0) is 32.4 Å². The van der Waals surface area contributed by atoms with Gasteiger partial charge in [-0.2, -0.15) is 4.31 Å². The number of rotatable bonds is 4. The van der Waals surface area contributed by atoms with Crippen LogP contribution in [0.2, 0.25) is 0 Å². The van der Waals surface area contributed by atoms with Gasteiger partial charge < -0.3 is 9.64 Å². The number of fused-ring (bicyclic) bond motifs is 2. The zero-order valence-electron chi connectivity index (χ0n) is 20.3. The molecule has 1 fully saturated rings. The number of esters is 1. The zero-order chi connectivity index (χ0) is 24.7. The Bertz CT molecular complexity index is 1210. The first-order valence-electron chi connectivity index (χ1n) is 11.8. The number of aromatic nitrogens is 1. The third-order valence-electron chi connectivity index (χ3n) is 7.08. The highest BCUT2D eigenvalue weighted by atomic mass is 32.2. The van der Waals surface area contributed by atoms with Crippen LogP contribution in [0.15, 0.2) is 24.3 Å². The van der Waals surface area contributed by atoms with Gasteiger partial charge in [0.15, 0.2) is 6.61 Å². The van der Waals surface area contributed by atoms with Crippen LogP contribution in [0.4, 0.5) is 0 Å². The summed E-state index contributed by atoms with van der Waals surface area (Å²) < 4.78 is 30.3. The summed E-state index contributed by atoms with van der Waals surface area (Å²) in [5.41, 5.74) is 3.25. The zero-order valence-corrected chi connectivity index (χ0v) is 21.2. The van der Waals surface area contributed by atoms with E-state index < -0.39 is 16.0 Å². The summed E-state index contributed by atoms with van der Waals surface area (Å²) in [4.78, 5) is 32.4. The van der Waals surface area contributed by atoms with Crippen molar-refractivity contribution in [1.82, 2.24) is 14.2 Å². The Morgan fingerprint density at radius 1 is 1.12 bits per heavy atom. The van der Waals surface area contributed by atoms with Crippen molar-refractivity contribution in [2.24, 2.45) is 11.3 Å². The van der Waals surface area contributed by atoms with Crippen molar-refractivity contribution in [3.63, 3.8) is 0 Å². The predicted octanol–water partition coefficient (Wildman–Crippen LogP) is 2.65. The number of para-hydroxylation sites is 1. The molecule has 0 bridgehead atoms. The molecule has 2 heterocycles. The quantitative estimate of drug-likeness (QED) is 0.615. The molecule has 1 amide bonds. The summed E-state index contributed by atoms with van der Waals surface area (Å²) >= 11 is 0. The summed E-state index contributed by atoms with van der Waals surface area (Å²) in [6, 6.07) is 7.56. The average molecular weight is 488 g/mol. The van der Waals surface area contributed by atoms with E-state index in [1.165, 1.54) is 4.31 Å². The van der Waals surface area contributed by atoms with Gasteiger partial charge in [0.25, 0.3) is 5.91 Å². The number of benzene rings is 1. The van der Waals surface area contributed by atoms with Crippen molar-refractivity contribution in [1.29, 1.82) is 0 Å². The van der Waals surface area contributed by atoms with Gasteiger partial charge in [0.1, 0.15) is 0 Å². The third-order valence-corrected chi connectivity index (χ3v) is 8.38. The lowest BCUT2D eigenvalue weighted by atomic mass is 9.70. The Morgan fingerprint density at radius 2 is 1.79 bits per heavy atom. The molecule has 184 valence electrons. The van der Waals surface area contributed by atoms with Gasteiger partial charge in [0.05, 0.1) is 17.3 Å². The molecule has 0 radical (unpaired) electrons. The van der Waals surface area contributed by atoms with E-state index in [1.54, 1.807) is 4.90 Å². The minimum atomic E-state index is -3.28. The highest BCUT2D eigenvalue weighted by molar-refractivity contribution is 7.88. The fraction of sp³-hybridized carbons (Fsp3) is 0.560. The molecule has 0 spiro atoms. The number of pyridine rings is 1. The number of carbonyl (C=O) groups is 2. The van der Waals surface area contributed by atoms with Gasteiger partial charge in [-0.25, -0.2) is 13.2 Å². The largest absolute Gasteiger partial charge is 0.452 e. The summed E-state index contributed by atoms with van der Waals surface area (Å²) in [6.07, 6.45) is 3.75. The van der Waals surface area contributed by atoms with E-state index in [2.05, 4.69) is 20.8 Å². The van der Waals surface area contributed by atoms with Crippen molar-refractivity contribution < 1.29 is 22.7 Å². The van der Waals surface area contributed by atoms with Crippen LogP contribution < -0.4 is 0 Å². The summed E-state index contributed by atoms with van der Waals surface area (Å²) in [5, 5.41) is 0.745. The van der Waals surface area contributed by atoms with Gasteiger partial charge in [-0.1, -0.05) is 39.0 Å². The van der Waals surface area contributed by atoms with E-state index >= 15 is 0 Å². The first-order valence-corrected chi connectivity index (χ1v) is 13.6. The minimum absolute atomic E-state index is 0.106. The summed E-state index contributed by atoms with van der Waals surface area (Å²) in [6.45, 7) is 7.34. The Morgan fingerprint density at radius 3 is 2.44 bits per heavy atom. The molecule has 0 saturated carbocycles. The molecule has 8 nitrogen and oxygen atoms in total. The van der Waals surface area contributed by atoms with E-state index in [0.717, 1.165) is 47.7 Å². The molecule has 1 unspecified atom stereocenters. The number of nitrogens with zero attached hydrogens (tertiary/aromatic N) is 3. The monoisotopic (exact) mass is 487 g/mol. The molecule has 4 rings (SSSR count). The molecule has 1 aromatic carbocycles. The number of aryl methyl sites for hydroxylation is 1. The highest BCUT2D eigenvalue weighted by Crippen LogP contribution is 2.39. The van der Waals surface area contributed by atoms with Gasteiger partial charge in [-0.15, -0.1) is 0 Å². The SMILES string of the molecule is CC(C)(C)C1CCc2nc3ccccc3c(C(=O)OCC(=O)N3CCN(S(C)(=O)=O)CC3)c2C1. The van der Waals surface area contributed by atoms with Crippen molar-refractivity contribution >= 4 is 32.8 Å². The number of ether oxygens (including phenoxy) is 1. The number of carbonyl (C=O) groups excluding carboxylic acids is 2. The van der Waals surface area contributed by atoms with Gasteiger partial charge in [-0.05, 0) is 42.2 Å². The first-order chi connectivity index (χ1) is 15.9. The molecule has 1 aliphatic carbocycles. The number of sulfonamides is 1. The highest BCUT2D eigenvalue weighted by Gasteiger charge is 2.33. The molecule has 0 N–H and O–H groups in total. The average Bonchev–Trinajstić information content (AvgIpc) is 2.79. The predicted molar refractivity (Wildman–Crippen MR) is 130 cm³/mol. The maximum absolute atomic E-state index is 13.3. The number of piperazine rings is 1. The Labute approximate surface area is 201 Å². The fourth-order valence-electron chi connectivity index (χ4n) is 4.92. The van der Waals surface area contributed by atoms with Crippen LogP contribution in [0.1, 0.15) is 48.8 Å². The third kappa shape index (κ3) is 5.10. The number of hydrogen-bond acceptors (Lipinski definition) is 6. The molecule has 1 aromatic heterocycles. The maximum Gasteiger partial charge on any atom is 0.339 e. The van der Waals surface area contributed by atoms with Gasteiger partial charge in [-0.3, -0.25) is 9.78 Å². The van der Waals surface area contributed by atoms with Crippen LogP contribution in [0, 0.1) is 11.3 Å². The van der Waals surface area contributed by atoms with Crippen molar-refractivity contribution in [3.8, 4) is 0 Å². The number of hydrogen-bond donors (Lipinski definition) is 0. The van der Waals surface area contributed by atoms with Crippen LogP contribution in [0.25, 0.3) is 10.9 Å².